The van der Waals surface area contributed by atoms with E-state index in [0.29, 0.717) is 26.2 Å². The van der Waals surface area contributed by atoms with Gasteiger partial charge in [-0.2, -0.15) is 0 Å². The molecule has 3 aromatic rings. The predicted molar refractivity (Wildman–Crippen MR) is 429 cm³/mol. The van der Waals surface area contributed by atoms with Crippen LogP contribution in [0.5, 0.6) is 0 Å². The van der Waals surface area contributed by atoms with Crippen LogP contribution in [0.15, 0.2) is 55.6 Å². The molecule has 586 valence electrons. The number of aromatic nitrogens is 2. The van der Waals surface area contributed by atoms with Crippen molar-refractivity contribution in [3.05, 3.63) is 77.9 Å². The number of aliphatic hydroxyl groups excluding tert-OH is 2. The van der Waals surface area contributed by atoms with Crippen LogP contribution in [0.4, 0.5) is 0 Å². The van der Waals surface area contributed by atoms with Gasteiger partial charge in [-0.15, -0.1) is 0 Å². The molecule has 2 aliphatic heterocycles. The van der Waals surface area contributed by atoms with Crippen molar-refractivity contribution in [3.63, 3.8) is 0 Å². The predicted octanol–water partition coefficient (Wildman–Crippen LogP) is 20.6. The number of rotatable bonds is 62. The number of carbonyl (C=O) groups is 4. The van der Waals surface area contributed by atoms with Gasteiger partial charge in [0.25, 0.3) is 45.9 Å². The lowest BCUT2D eigenvalue weighted by Gasteiger charge is -2.44. The summed E-state index contributed by atoms with van der Waals surface area (Å²) in [5.74, 6) is 5.64. The Balaban J connectivity index is 0.847. The third kappa shape index (κ3) is 28.6. The van der Waals surface area contributed by atoms with E-state index >= 15 is 0 Å². The second kappa shape index (κ2) is 50.7. The summed E-state index contributed by atoms with van der Waals surface area (Å²) >= 11 is 0. The van der Waals surface area contributed by atoms with Crippen molar-refractivity contribution in [2.75, 3.05) is 26.3 Å². The highest BCUT2D eigenvalue weighted by Gasteiger charge is 2.40. The van der Waals surface area contributed by atoms with Gasteiger partial charge >= 0.3 is 0 Å². The van der Waals surface area contributed by atoms with E-state index in [-0.39, 0.29) is 80.6 Å². The summed E-state index contributed by atoms with van der Waals surface area (Å²) in [5, 5.41) is 19.7. The van der Waals surface area contributed by atoms with Crippen molar-refractivity contribution in [1.82, 2.24) is 18.9 Å². The lowest BCUT2D eigenvalue weighted by atomic mass is 9.61. The van der Waals surface area contributed by atoms with E-state index in [1.807, 2.05) is 0 Å². The zero-order valence-electron chi connectivity index (χ0n) is 65.9. The van der Waals surface area contributed by atoms with Gasteiger partial charge in [0.05, 0.1) is 21.5 Å². The summed E-state index contributed by atoms with van der Waals surface area (Å²) < 4.78 is 2.67. The molecular weight excluding hydrogens is 1300 g/mol. The Morgan fingerprint density at radius 3 is 0.712 bits per heavy atom. The van der Waals surface area contributed by atoms with Gasteiger partial charge in [0.2, 0.25) is 0 Å². The number of hydrogen-bond donors (Lipinski definition) is 2. The zero-order chi connectivity index (χ0) is 73.9. The Morgan fingerprint density at radius 2 is 0.462 bits per heavy atom. The standard InChI is InChI=1S/C90H146N4O10/c1-3-5-7-9-23-37-51-75-71(47-33-8-6-4-2)55-56-72(76(75)52-38-24-12-16-28-42-64-92-85(99)61-62-86(92)100)49-35-21-11-15-29-43-65-93-87(101)79-69-81-82(70-80(79)88(93)102)90(104)94(89(81)103)66-44-30-17-13-25-39-53-77-73(48-34-20-10-14-27-41-63-91-83(97)59-60-84(91)98)57-58-74(50-36-22-18-31-45-67-95)78(77)54-40-26-19-32-46-68-96/h59-62,69-78,95-96H,3-58,63-68H2,1-2H3. The van der Waals surface area contributed by atoms with Crippen molar-refractivity contribution in [2.24, 2.45) is 47.3 Å². The minimum absolute atomic E-state index is 0.173. The first-order valence-electron chi connectivity index (χ1n) is 44.1. The average molecular weight is 1440 g/mol. The molecule has 2 N–H and O–H groups in total. The Morgan fingerprint density at radius 1 is 0.260 bits per heavy atom. The van der Waals surface area contributed by atoms with Gasteiger partial charge in [-0.25, -0.2) is 0 Å². The van der Waals surface area contributed by atoms with Crippen LogP contribution >= 0.6 is 0 Å². The van der Waals surface area contributed by atoms with Crippen LogP contribution in [0.25, 0.3) is 21.5 Å². The van der Waals surface area contributed by atoms with E-state index in [1.165, 1.54) is 299 Å². The number of benzene rings is 1. The second-order valence-corrected chi connectivity index (χ2v) is 33.2. The van der Waals surface area contributed by atoms with Crippen LogP contribution in [0.2, 0.25) is 0 Å². The molecule has 8 unspecified atom stereocenters. The summed E-state index contributed by atoms with van der Waals surface area (Å²) in [6.07, 6.45) is 72.8. The Hall–Kier alpha value is -4.82. The molecule has 14 nitrogen and oxygen atoms in total. The number of carbonyl (C=O) groups excluding carboxylic acids is 4. The van der Waals surface area contributed by atoms with Gasteiger partial charge in [-0.05, 0) is 149 Å². The van der Waals surface area contributed by atoms with Crippen molar-refractivity contribution < 1.29 is 29.4 Å². The maximum atomic E-state index is 13.9. The van der Waals surface area contributed by atoms with Gasteiger partial charge in [-0.1, -0.05) is 284 Å². The van der Waals surface area contributed by atoms with E-state index in [2.05, 4.69) is 13.8 Å². The molecule has 4 amide bonds. The zero-order valence-corrected chi connectivity index (χ0v) is 65.9. The van der Waals surface area contributed by atoms with Gasteiger partial charge < -0.3 is 10.2 Å². The van der Waals surface area contributed by atoms with Gasteiger partial charge in [0.15, 0.2) is 0 Å². The molecule has 2 saturated carbocycles. The van der Waals surface area contributed by atoms with Crippen LogP contribution in [0.1, 0.15) is 373 Å². The third-order valence-corrected chi connectivity index (χ3v) is 25.7. The second-order valence-electron chi connectivity index (χ2n) is 33.2. The van der Waals surface area contributed by atoms with Crippen molar-refractivity contribution in [1.29, 1.82) is 0 Å². The monoisotopic (exact) mass is 1440 g/mol. The number of unbranched alkanes of at least 4 members (excludes halogenated alkanes) is 36. The highest BCUT2D eigenvalue weighted by atomic mass is 16.3. The van der Waals surface area contributed by atoms with Crippen LogP contribution in [0, 0.1) is 47.3 Å². The maximum Gasteiger partial charge on any atom is 0.261 e. The molecule has 8 atom stereocenters. The topological polar surface area (TPSA) is 193 Å². The summed E-state index contributed by atoms with van der Waals surface area (Å²) in [4.78, 5) is 106. The van der Waals surface area contributed by atoms with Crippen molar-refractivity contribution in [2.45, 2.75) is 387 Å². The fourth-order valence-electron chi connectivity index (χ4n) is 19.7. The van der Waals surface area contributed by atoms with E-state index < -0.39 is 0 Å². The molecule has 4 aliphatic rings. The third-order valence-electron chi connectivity index (χ3n) is 25.7. The highest BCUT2D eigenvalue weighted by molar-refractivity contribution is 6.13. The fourth-order valence-corrected chi connectivity index (χ4v) is 19.7. The molecule has 7 rings (SSSR count). The molecule has 1 aromatic carbocycles. The van der Waals surface area contributed by atoms with E-state index in [4.69, 9.17) is 0 Å². The number of imide groups is 2. The first kappa shape index (κ1) is 86.4. The highest BCUT2D eigenvalue weighted by Crippen LogP contribution is 2.50. The molecule has 0 bridgehead atoms. The van der Waals surface area contributed by atoms with Gasteiger partial charge in [0.1, 0.15) is 0 Å². The molecule has 4 heterocycles. The molecular formula is C90H146N4O10. The lowest BCUT2D eigenvalue weighted by molar-refractivity contribution is -0.138. The molecule has 0 saturated heterocycles. The summed E-state index contributed by atoms with van der Waals surface area (Å²) in [6, 6.07) is 3.05. The smallest absolute Gasteiger partial charge is 0.261 e. The summed E-state index contributed by atoms with van der Waals surface area (Å²) in [6.45, 7) is 6.91. The Labute approximate surface area is 628 Å². The quantitative estimate of drug-likeness (QED) is 0.0406. The Kier molecular flexibility index (Phi) is 42.2. The molecule has 14 heteroatoms. The minimum atomic E-state index is -0.364. The SMILES string of the molecule is CCCCCCCCC1C(CCCCCC)CCC(CCCCCCCCn2c(=O)c3cc4c(=O)n(CCCCCCCCC5C(CCCCCCCCN6C(=O)C=CC6=O)CCC(CCCCCCCO)C5CCCCCCCO)c(=O)c4cc3c2=O)C1CCCCCCCCN1C(=O)C=CC1=O. The largest absolute Gasteiger partial charge is 0.396 e. The van der Waals surface area contributed by atoms with E-state index in [9.17, 15) is 48.6 Å². The molecule has 2 aliphatic carbocycles. The lowest BCUT2D eigenvalue weighted by Crippen LogP contribution is -2.35. The Bertz CT molecular complexity index is 3090. The van der Waals surface area contributed by atoms with E-state index in [0.717, 1.165) is 163 Å². The van der Waals surface area contributed by atoms with Crippen molar-refractivity contribution in [3.8, 4) is 0 Å². The first-order chi connectivity index (χ1) is 50.9. The average Bonchev–Trinajstić information content (AvgIpc) is 1.59. The summed E-state index contributed by atoms with van der Waals surface area (Å²) in [7, 11) is 0. The molecule has 0 radical (unpaired) electrons. The van der Waals surface area contributed by atoms with Crippen molar-refractivity contribution >= 4 is 45.2 Å². The number of amides is 4. The number of hydrogen-bond acceptors (Lipinski definition) is 10. The molecule has 2 fully saturated rings. The molecule has 2 aromatic heterocycles. The number of fused-ring (bicyclic) bond motifs is 2. The van der Waals surface area contributed by atoms with E-state index in [1.54, 1.807) is 0 Å². The van der Waals surface area contributed by atoms with Gasteiger partial charge in [0, 0.05) is 63.7 Å². The first-order valence-corrected chi connectivity index (χ1v) is 44.1. The van der Waals surface area contributed by atoms with Crippen LogP contribution in [-0.4, -0.2) is 79.1 Å². The number of nitrogens with zero attached hydrogens (tertiary/aromatic N) is 4. The molecule has 0 spiro atoms. The maximum absolute atomic E-state index is 13.9. The van der Waals surface area contributed by atoms with Crippen LogP contribution in [0.3, 0.4) is 0 Å². The summed E-state index contributed by atoms with van der Waals surface area (Å²) in [5.41, 5.74) is -1.45. The fraction of sp³-hybridized carbons (Fsp3) is 0.800. The van der Waals surface area contributed by atoms with Crippen LogP contribution < -0.4 is 22.2 Å². The number of aliphatic hydroxyl groups is 2. The van der Waals surface area contributed by atoms with Gasteiger partial charge in [-0.3, -0.25) is 57.3 Å². The molecule has 104 heavy (non-hydrogen) atoms. The normalized spacial score (nSPS) is 20.8. The minimum Gasteiger partial charge on any atom is -0.396 e. The van der Waals surface area contributed by atoms with Crippen LogP contribution in [-0.2, 0) is 32.3 Å².